The van der Waals surface area contributed by atoms with Crippen LogP contribution in [0.1, 0.15) is 41.5 Å². The zero-order chi connectivity index (χ0) is 100. The maximum atomic E-state index is 11.3. The van der Waals surface area contributed by atoms with E-state index in [0.717, 1.165) is 18.2 Å². The maximum Gasteiger partial charge on any atom is 0.383 e. The van der Waals surface area contributed by atoms with Crippen molar-refractivity contribution in [2.45, 2.75) is 205 Å². The molecule has 0 heterocycles. The van der Waals surface area contributed by atoms with E-state index in [9.17, 15) is 43.2 Å². The lowest BCUT2D eigenvalue weighted by atomic mass is 10.4. The van der Waals surface area contributed by atoms with E-state index >= 15 is 0 Å². The van der Waals surface area contributed by atoms with Crippen molar-refractivity contribution in [2.24, 2.45) is 0 Å². The van der Waals surface area contributed by atoms with E-state index in [1.54, 1.807) is 41.5 Å². The molecule has 0 saturated heterocycles. The van der Waals surface area contributed by atoms with Gasteiger partial charge in [0.25, 0.3) is 0 Å². The minimum Gasteiger partial charge on any atom is -0.528 e. The fraction of sp³-hybridized carbons (Fsp3) is 0.613. The third kappa shape index (κ3) is 85.2. The lowest BCUT2D eigenvalue weighted by Gasteiger charge is -2.32. The normalized spacial score (nSPS) is 11.8. The maximum absolute atomic E-state index is 11.3. The fourth-order valence-electron chi connectivity index (χ4n) is 9.15. The molecule has 0 aromatic carbocycles. The third-order valence-corrected chi connectivity index (χ3v) is 46.9. The summed E-state index contributed by atoms with van der Waals surface area (Å²) in [5.41, 5.74) is 2.09. The van der Waals surface area contributed by atoms with Crippen LogP contribution in [-0.2, 0) is 159 Å². The second-order valence-corrected chi connectivity index (χ2v) is 75.9. The van der Waals surface area contributed by atoms with E-state index in [2.05, 4.69) is 92.0 Å². The minimum atomic E-state index is -2.44. The van der Waals surface area contributed by atoms with Gasteiger partial charge in [-0.1, -0.05) is 72.4 Å². The number of ether oxygens (including phenoxy) is 9. The number of hydrogen-bond acceptors (Lipinski definition) is 35. The Morgan fingerprint density at radius 3 is 0.441 bits per heavy atom. The van der Waals surface area contributed by atoms with E-state index in [1.165, 1.54) is 12.5 Å². The highest BCUT2D eigenvalue weighted by molar-refractivity contribution is 6.82. The molecule has 0 atom stereocenters. The second-order valence-electron chi connectivity index (χ2n) is 32.9. The summed E-state index contributed by atoms with van der Waals surface area (Å²) in [6.45, 7) is 99.8. The molecule has 0 spiro atoms. The predicted octanol–water partition coefficient (Wildman–Crippen LogP) is 14.9. The average molecular weight is 2020 g/mol. The van der Waals surface area contributed by atoms with Crippen LogP contribution in [0.25, 0.3) is 0 Å². The zero-order valence-corrected chi connectivity index (χ0v) is 94.2. The molecular weight excluding hydrogens is 1860 g/mol. The van der Waals surface area contributed by atoms with Crippen LogP contribution in [0.3, 0.4) is 0 Å². The Hall–Kier alpha value is -6.03. The molecule has 0 radical (unpaired) electrons. The van der Waals surface area contributed by atoms with Gasteiger partial charge in [0, 0.05) is 51.7 Å². The van der Waals surface area contributed by atoms with Gasteiger partial charge in [-0.3, -0.25) is 0 Å². The monoisotopic (exact) mass is 2010 g/mol. The quantitative estimate of drug-likeness (QED) is 0.0136. The molecule has 0 unspecified atom stereocenters. The first-order valence-corrected chi connectivity index (χ1v) is 75.0. The Kier molecular flexibility index (Phi) is 68.8. The molecule has 35 nitrogen and oxygen atoms in total. The summed E-state index contributed by atoms with van der Waals surface area (Å²) in [5, 5.41) is 0. The van der Waals surface area contributed by atoms with Crippen molar-refractivity contribution < 1.29 is 159 Å². The molecule has 0 fully saturated rings. The Balaban J connectivity index is -0.000000350. The van der Waals surface area contributed by atoms with Crippen LogP contribution in [0, 0.1) is 0 Å². The van der Waals surface area contributed by atoms with E-state index in [0.29, 0.717) is 40.0 Å². The largest absolute Gasteiger partial charge is 0.528 e. The van der Waals surface area contributed by atoms with Crippen molar-refractivity contribution in [3.8, 4) is 0 Å². The van der Waals surface area contributed by atoms with Gasteiger partial charge in [-0.15, -0.1) is 0 Å². The molecule has 0 aromatic heterocycles. The van der Waals surface area contributed by atoms with E-state index in [1.807, 2.05) is 144 Å². The molecule has 47 heteroatoms. The first-order chi connectivity index (χ1) is 57.7. The molecule has 0 N–H and O–H groups in total. The van der Waals surface area contributed by atoms with Crippen LogP contribution in [0.2, 0.25) is 164 Å². The number of carbonyl (C=O) groups is 9. The van der Waals surface area contributed by atoms with Crippen LogP contribution < -0.4 is 0 Å². The van der Waals surface area contributed by atoms with Gasteiger partial charge in [-0.25, -0.2) is 43.2 Å². The average Bonchev–Trinajstić information content (AvgIpc) is 0.873. The smallest absolute Gasteiger partial charge is 0.383 e. The highest BCUT2D eigenvalue weighted by atomic mass is 28.5. The van der Waals surface area contributed by atoms with E-state index < -0.39 is 156 Å². The SMILES string of the molecule is C=C(C)C(=O)OCCO[Si](C)(C)O[Si](C)(C)OCCOC(=O)C(=C)C.C=C(C)C(=O)OCCO[Si](C)(C)O[Si](C)(C)OCCOC(=O)C(=C)C.C=C(C)C(=O)OCCO[Si](C)(C)O[Si](C)(C)OCCOC(=O)C(=C)C.C=CC(=O)OCCO[Si](C)(C)O[Si](C)(C)C.C=CC(=O)OCCO[Si](C)(C)O[Si](C)(C)OCCOC(=O)C=C.C=CO[Si](C)(C)O[Si](C)(C)OC=C. The molecular formula is C80H156O35Si12. The highest BCUT2D eigenvalue weighted by Gasteiger charge is 2.42. The Bertz CT molecular complexity index is 3070. The fourth-order valence-corrected chi connectivity index (χ4v) is 47.2. The summed E-state index contributed by atoms with van der Waals surface area (Å²) in [6.07, 6.45) is 6.18. The van der Waals surface area contributed by atoms with Crippen molar-refractivity contribution >= 4 is 156 Å². The summed E-state index contributed by atoms with van der Waals surface area (Å²) in [4.78, 5) is 100. The molecule has 0 rings (SSSR count). The van der Waals surface area contributed by atoms with E-state index in [-0.39, 0.29) is 112 Å². The highest BCUT2D eigenvalue weighted by Crippen LogP contribution is 2.23. The Labute approximate surface area is 771 Å². The Morgan fingerprint density at radius 2 is 0.323 bits per heavy atom. The lowest BCUT2D eigenvalue weighted by molar-refractivity contribution is -0.140. The number of hydrogen-bond donors (Lipinski definition) is 0. The molecule has 127 heavy (non-hydrogen) atoms. The first kappa shape index (κ1) is 132. The Morgan fingerprint density at radius 1 is 0.197 bits per heavy atom. The van der Waals surface area contributed by atoms with Gasteiger partial charge in [0.05, 0.1) is 72.0 Å². The van der Waals surface area contributed by atoms with Gasteiger partial charge in [-0.05, 0) is 205 Å². The molecule has 734 valence electrons. The first-order valence-electron chi connectivity index (χ1n) is 40.6. The third-order valence-electron chi connectivity index (χ3n) is 13.3. The molecule has 0 aliphatic rings. The topological polar surface area (TPSA) is 394 Å². The van der Waals surface area contributed by atoms with Gasteiger partial charge in [0.1, 0.15) is 59.5 Å². The predicted molar refractivity (Wildman–Crippen MR) is 516 cm³/mol. The number of carbonyl (C=O) groups excluding carboxylic acids is 9. The van der Waals surface area contributed by atoms with Gasteiger partial charge in [-0.2, -0.15) is 0 Å². The van der Waals surface area contributed by atoms with Gasteiger partial charge >= 0.3 is 148 Å². The van der Waals surface area contributed by atoms with Crippen LogP contribution >= 0.6 is 0 Å². The summed E-state index contributed by atoms with van der Waals surface area (Å²) in [7, 11) is -27.3. The van der Waals surface area contributed by atoms with Crippen LogP contribution in [0.5, 0.6) is 0 Å². The standard InChI is InChI=1S/3C16H30O7Si2.C14H26O7Si2.C10H22O4Si2.C8H18O3Si2/c3*1-13(2)15(17)19-9-11-21-24(5,6)23-25(7,8)22-12-10-20-16(18)14(3)4;1-7-13(15)17-9-11-19-22(3,4)21-23(5,6)20-12-10-18-14(16)8-2;1-7-10(11)12-8-9-13-16(5,6)14-15(2,3)4;1-7-9-12(3,4)11-13(5,6)10-8-2/h3*1,3,9-12H2,2,4-8H3;7-8H,1-2,9-12H2,3-6H3;7H,1,8-9H2,2-6H3;7-8H,1-2H2,3-6H3. The van der Waals surface area contributed by atoms with Crippen LogP contribution in [0.15, 0.2) is 137 Å². The molecule has 0 amide bonds. The molecule has 0 aliphatic heterocycles. The number of esters is 9. The van der Waals surface area contributed by atoms with E-state index in [4.69, 9.17) is 116 Å². The zero-order valence-electron chi connectivity index (χ0n) is 82.2. The summed E-state index contributed by atoms with van der Waals surface area (Å²) >= 11 is 0. The molecule has 0 aromatic rings. The van der Waals surface area contributed by atoms with Gasteiger partial charge in [0.15, 0.2) is 8.32 Å². The summed E-state index contributed by atoms with van der Waals surface area (Å²) < 4.78 is 142. The van der Waals surface area contributed by atoms with Crippen molar-refractivity contribution in [2.75, 3.05) is 119 Å². The van der Waals surface area contributed by atoms with Crippen LogP contribution in [-0.4, -0.2) is 275 Å². The summed E-state index contributed by atoms with van der Waals surface area (Å²) in [6, 6.07) is 0. The summed E-state index contributed by atoms with van der Waals surface area (Å²) in [5.74, 6) is -4.02. The number of rotatable bonds is 61. The van der Waals surface area contributed by atoms with Gasteiger partial charge in [0.2, 0.25) is 0 Å². The minimum absolute atomic E-state index is 0.144. The second kappa shape index (κ2) is 66.4. The van der Waals surface area contributed by atoms with Crippen molar-refractivity contribution in [1.29, 1.82) is 0 Å². The van der Waals surface area contributed by atoms with Crippen LogP contribution in [0.4, 0.5) is 0 Å². The van der Waals surface area contributed by atoms with Crippen molar-refractivity contribution in [3.63, 3.8) is 0 Å². The lowest BCUT2D eigenvalue weighted by Crippen LogP contribution is -2.49. The molecule has 0 saturated carbocycles. The molecule has 0 bridgehead atoms. The van der Waals surface area contributed by atoms with Crippen molar-refractivity contribution in [1.82, 2.24) is 0 Å². The van der Waals surface area contributed by atoms with Crippen molar-refractivity contribution in [3.05, 3.63) is 137 Å². The van der Waals surface area contributed by atoms with Gasteiger partial charge < -0.3 is 116 Å². The molecule has 0 aliphatic carbocycles.